The minimum absolute atomic E-state index is 0.0443. The molecule has 4 rings (SSSR count). The smallest absolute Gasteiger partial charge is 0.430 e. The lowest BCUT2D eigenvalue weighted by atomic mass is 9.97. The van der Waals surface area contributed by atoms with Crippen LogP contribution in [-0.2, 0) is 30.4 Å². The third-order valence-corrected chi connectivity index (χ3v) is 8.34. The van der Waals surface area contributed by atoms with E-state index in [4.69, 9.17) is 24.1 Å². The number of aliphatic carboxylic acids is 1. The summed E-state index contributed by atoms with van der Waals surface area (Å²) in [5, 5.41) is 8.78. The number of hydrogen-bond donors (Lipinski definition) is 0. The number of rotatable bonds is 6. The maximum atomic E-state index is 13.4. The highest BCUT2D eigenvalue weighted by Crippen LogP contribution is 2.26. The molecule has 0 N–H and O–H groups in total. The molecule has 0 spiro atoms. The lowest BCUT2D eigenvalue weighted by Gasteiger charge is -2.49. The molecular weight excluding hydrogens is 679 g/mol. The van der Waals surface area contributed by atoms with Crippen LogP contribution in [0, 0.1) is 5.92 Å². The second-order valence-electron chi connectivity index (χ2n) is 15.0. The lowest BCUT2D eigenvalue weighted by Crippen LogP contribution is -2.67. The molecule has 17 heteroatoms. The summed E-state index contributed by atoms with van der Waals surface area (Å²) in [4.78, 5) is 67.2. The normalized spacial score (nSPS) is 18.1. The van der Waals surface area contributed by atoms with Gasteiger partial charge in [0.25, 0.3) is 0 Å². The average molecular weight is 730 g/mol. The lowest BCUT2D eigenvalue weighted by molar-refractivity contribution is -0.928. The van der Waals surface area contributed by atoms with Gasteiger partial charge in [0.15, 0.2) is 6.54 Å². The van der Waals surface area contributed by atoms with E-state index in [9.17, 15) is 32.3 Å². The number of nitrogens with zero attached hydrogens (tertiary/aromatic N) is 5. The zero-order chi connectivity index (χ0) is 38.2. The van der Waals surface area contributed by atoms with Crippen LogP contribution in [0.1, 0.15) is 47.1 Å². The van der Waals surface area contributed by atoms with Gasteiger partial charge in [0.05, 0.1) is 32.7 Å². The molecule has 3 heterocycles. The summed E-state index contributed by atoms with van der Waals surface area (Å²) in [6.45, 7) is 17.5. The molecule has 3 aliphatic heterocycles. The van der Waals surface area contributed by atoms with E-state index in [1.807, 2.05) is 76.8 Å². The van der Waals surface area contributed by atoms with Crippen molar-refractivity contribution < 1.29 is 60.9 Å². The van der Waals surface area contributed by atoms with Gasteiger partial charge in [-0.2, -0.15) is 13.2 Å². The topological polar surface area (TPSA) is 149 Å². The number of carbonyl (C=O) groups is 5. The number of ether oxygens (including phenoxy) is 3. The Morgan fingerprint density at radius 2 is 1.24 bits per heavy atom. The highest BCUT2D eigenvalue weighted by Gasteiger charge is 2.44. The molecule has 1 aromatic rings. The first-order valence-electron chi connectivity index (χ1n) is 16.9. The van der Waals surface area contributed by atoms with E-state index in [1.165, 1.54) is 0 Å². The first kappa shape index (κ1) is 41.1. The summed E-state index contributed by atoms with van der Waals surface area (Å²) < 4.78 is 48.7. The van der Waals surface area contributed by atoms with Crippen molar-refractivity contribution in [1.29, 1.82) is 0 Å². The molecule has 3 fully saturated rings. The molecule has 1 aromatic carbocycles. The van der Waals surface area contributed by atoms with E-state index in [-0.39, 0.29) is 43.3 Å². The summed E-state index contributed by atoms with van der Waals surface area (Å²) in [6, 6.07) is 9.50. The largest absolute Gasteiger partial charge is 0.542 e. The van der Waals surface area contributed by atoms with Crippen LogP contribution in [0.25, 0.3) is 0 Å². The van der Waals surface area contributed by atoms with Crippen molar-refractivity contribution in [2.45, 2.75) is 65.5 Å². The van der Waals surface area contributed by atoms with E-state index in [2.05, 4.69) is 0 Å². The number of carbonyl (C=O) groups excluding carboxylic acids is 5. The monoisotopic (exact) mass is 729 g/mol. The first-order chi connectivity index (χ1) is 23.6. The summed E-state index contributed by atoms with van der Waals surface area (Å²) in [5.41, 5.74) is -0.203. The molecule has 51 heavy (non-hydrogen) atoms. The van der Waals surface area contributed by atoms with E-state index in [0.717, 1.165) is 12.1 Å². The summed E-state index contributed by atoms with van der Waals surface area (Å²) in [5.74, 6) is -3.02. The SMILES string of the molecule is CC(C)(C)OC(=O)C[N+]1(CC2CN(C(=O)OC(C)(C)C)C2)CCN(C(=O)N2CCN(C(=O)OCc3ccccc3)CC2)CC1.O=C([O-])C(F)(F)F. The van der Waals surface area contributed by atoms with Gasteiger partial charge in [-0.05, 0) is 47.1 Å². The summed E-state index contributed by atoms with van der Waals surface area (Å²) in [6.07, 6.45) is -5.88. The molecule has 0 saturated carbocycles. The van der Waals surface area contributed by atoms with Crippen LogP contribution in [0.15, 0.2) is 30.3 Å². The van der Waals surface area contributed by atoms with Gasteiger partial charge in [-0.3, -0.25) is 0 Å². The van der Waals surface area contributed by atoms with Crippen LogP contribution in [0.2, 0.25) is 0 Å². The van der Waals surface area contributed by atoms with E-state index in [0.29, 0.717) is 69.9 Å². The number of likely N-dealkylation sites (tertiary alicyclic amines) is 1. The Morgan fingerprint density at radius 1 is 0.745 bits per heavy atom. The van der Waals surface area contributed by atoms with Crippen LogP contribution in [0.5, 0.6) is 0 Å². The van der Waals surface area contributed by atoms with Crippen LogP contribution < -0.4 is 5.11 Å². The predicted octanol–water partition coefficient (Wildman–Crippen LogP) is 2.70. The highest BCUT2D eigenvalue weighted by molar-refractivity contribution is 5.75. The molecule has 0 aromatic heterocycles. The maximum absolute atomic E-state index is 13.4. The van der Waals surface area contributed by atoms with E-state index >= 15 is 0 Å². The Kier molecular flexibility index (Phi) is 13.6. The van der Waals surface area contributed by atoms with Crippen molar-refractivity contribution in [3.05, 3.63) is 35.9 Å². The van der Waals surface area contributed by atoms with Crippen LogP contribution in [0.4, 0.5) is 27.6 Å². The highest BCUT2D eigenvalue weighted by atomic mass is 19.4. The van der Waals surface area contributed by atoms with Gasteiger partial charge in [0, 0.05) is 45.2 Å². The minimum atomic E-state index is -5.19. The molecule has 0 aliphatic carbocycles. The molecule has 4 amide bonds. The van der Waals surface area contributed by atoms with Crippen LogP contribution in [0.3, 0.4) is 0 Å². The summed E-state index contributed by atoms with van der Waals surface area (Å²) >= 11 is 0. The molecule has 286 valence electrons. The zero-order valence-corrected chi connectivity index (χ0v) is 30.2. The van der Waals surface area contributed by atoms with Gasteiger partial charge in [0.2, 0.25) is 0 Å². The number of quaternary nitrogens is 1. The number of hydrogen-bond acceptors (Lipinski definition) is 9. The van der Waals surface area contributed by atoms with Crippen LogP contribution >= 0.6 is 0 Å². The Bertz CT molecular complexity index is 1360. The van der Waals surface area contributed by atoms with E-state index < -0.39 is 23.3 Å². The fraction of sp³-hybridized carbons (Fsp3) is 0.676. The molecular formula is C34H50F3N5O9. The van der Waals surface area contributed by atoms with Crippen molar-refractivity contribution >= 4 is 30.2 Å². The third kappa shape index (κ3) is 13.4. The number of alkyl halides is 3. The van der Waals surface area contributed by atoms with Gasteiger partial charge in [-0.25, -0.2) is 19.2 Å². The fourth-order valence-electron chi connectivity index (χ4n) is 5.93. The quantitative estimate of drug-likeness (QED) is 0.245. The molecule has 0 bridgehead atoms. The summed E-state index contributed by atoms with van der Waals surface area (Å²) in [7, 11) is 0. The first-order valence-corrected chi connectivity index (χ1v) is 16.9. The van der Waals surface area contributed by atoms with Gasteiger partial charge in [-0.1, -0.05) is 30.3 Å². The number of amides is 4. The number of halogens is 3. The van der Waals surface area contributed by atoms with Crippen molar-refractivity contribution in [1.82, 2.24) is 19.6 Å². The Labute approximate surface area is 296 Å². The number of piperazine rings is 2. The standard InChI is InChI=1S/C32H50N5O7.C2HF3O2/c1-31(2,3)43-27(38)23-37(22-26-20-36(21-26)30(41)44-32(4,5)6)18-16-34(17-19-37)28(39)33-12-14-35(15-13-33)29(40)42-24-25-10-8-7-9-11-25;3-2(4,5)1(6)7/h7-11,26H,12-24H2,1-6H3;(H,6,7)/q+1;/p-1. The van der Waals surface area contributed by atoms with Gasteiger partial charge >= 0.3 is 30.4 Å². The van der Waals surface area contributed by atoms with Crippen molar-refractivity contribution in [2.75, 3.05) is 78.5 Å². The second kappa shape index (κ2) is 16.8. The van der Waals surface area contributed by atoms with Crippen LogP contribution in [-0.4, -0.2) is 150 Å². The minimum Gasteiger partial charge on any atom is -0.542 e. The molecule has 3 saturated heterocycles. The zero-order valence-electron chi connectivity index (χ0n) is 30.2. The Hall–Kier alpha value is -4.28. The maximum Gasteiger partial charge on any atom is 0.430 e. The van der Waals surface area contributed by atoms with Gasteiger partial charge in [0.1, 0.15) is 23.8 Å². The fourth-order valence-corrected chi connectivity index (χ4v) is 5.93. The third-order valence-electron chi connectivity index (χ3n) is 8.34. The molecule has 0 unspecified atom stereocenters. The number of benzene rings is 1. The van der Waals surface area contributed by atoms with Crippen molar-refractivity contribution in [3.8, 4) is 0 Å². The predicted molar refractivity (Wildman–Crippen MR) is 175 cm³/mol. The van der Waals surface area contributed by atoms with Gasteiger partial charge < -0.3 is 48.2 Å². The number of carboxylic acids is 1. The number of esters is 1. The molecule has 3 aliphatic rings. The van der Waals surface area contributed by atoms with Crippen molar-refractivity contribution in [3.63, 3.8) is 0 Å². The van der Waals surface area contributed by atoms with Gasteiger partial charge in [-0.15, -0.1) is 0 Å². The molecule has 14 nitrogen and oxygen atoms in total. The Morgan fingerprint density at radius 3 is 1.73 bits per heavy atom. The molecule has 0 atom stereocenters. The van der Waals surface area contributed by atoms with Crippen molar-refractivity contribution in [2.24, 2.45) is 5.92 Å². The average Bonchev–Trinajstić information content (AvgIpc) is 3.00. The number of carboxylic acid groups (broad SMARTS) is 1. The Balaban J connectivity index is 0.000000908. The molecule has 0 radical (unpaired) electrons. The van der Waals surface area contributed by atoms with E-state index in [1.54, 1.807) is 14.7 Å². The second-order valence-corrected chi connectivity index (χ2v) is 15.0. The number of urea groups is 1.